The lowest BCUT2D eigenvalue weighted by Crippen LogP contribution is -1.95. The lowest BCUT2D eigenvalue weighted by Gasteiger charge is -2.06. The molecule has 0 aromatic heterocycles. The first-order valence-electron chi connectivity index (χ1n) is 5.72. The molecule has 84 valence electrons. The van der Waals surface area contributed by atoms with Crippen LogP contribution in [0.3, 0.4) is 0 Å². The molecule has 0 N–H and O–H groups in total. The summed E-state index contributed by atoms with van der Waals surface area (Å²) in [5.74, 6) is 2.18. The molecule has 0 saturated carbocycles. The van der Waals surface area contributed by atoms with Gasteiger partial charge in [0, 0.05) is 4.90 Å². The Kier molecular flexibility index (Phi) is 6.33. The molecule has 0 radical (unpaired) electrons. The summed E-state index contributed by atoms with van der Waals surface area (Å²) in [6, 6.07) is 8.41. The second-order valence-electron chi connectivity index (χ2n) is 3.52. The first-order chi connectivity index (χ1) is 7.36. The highest BCUT2D eigenvalue weighted by Crippen LogP contribution is 2.21. The maximum atomic E-state index is 5.60. The zero-order valence-electron chi connectivity index (χ0n) is 9.66. The van der Waals surface area contributed by atoms with Gasteiger partial charge >= 0.3 is 0 Å². The average Bonchev–Trinajstić information content (AvgIpc) is 2.28. The van der Waals surface area contributed by atoms with Crippen LogP contribution in [-0.4, -0.2) is 12.4 Å². The van der Waals surface area contributed by atoms with Gasteiger partial charge in [-0.3, -0.25) is 0 Å². The summed E-state index contributed by atoms with van der Waals surface area (Å²) in [6.07, 6.45) is 3.54. The van der Waals surface area contributed by atoms with E-state index in [1.165, 1.54) is 23.5 Å². The van der Waals surface area contributed by atoms with E-state index in [2.05, 4.69) is 38.1 Å². The Bertz CT molecular complexity index is 256. The molecule has 0 aliphatic carbocycles. The van der Waals surface area contributed by atoms with Gasteiger partial charge in [0.1, 0.15) is 5.75 Å². The van der Waals surface area contributed by atoms with Gasteiger partial charge in [-0.2, -0.15) is 0 Å². The maximum Gasteiger partial charge on any atom is 0.119 e. The van der Waals surface area contributed by atoms with Crippen LogP contribution in [-0.2, 0) is 0 Å². The molecule has 0 aliphatic heterocycles. The largest absolute Gasteiger partial charge is 0.494 e. The minimum Gasteiger partial charge on any atom is -0.494 e. The van der Waals surface area contributed by atoms with Crippen LogP contribution in [0.4, 0.5) is 0 Å². The summed E-state index contributed by atoms with van der Waals surface area (Å²) in [5.41, 5.74) is 0. The third kappa shape index (κ3) is 5.12. The van der Waals surface area contributed by atoms with Gasteiger partial charge in [0.05, 0.1) is 6.61 Å². The fraction of sp³-hybridized carbons (Fsp3) is 0.538. The Hall–Kier alpha value is -0.630. The van der Waals surface area contributed by atoms with E-state index in [9.17, 15) is 0 Å². The highest BCUT2D eigenvalue weighted by molar-refractivity contribution is 7.99. The number of unbranched alkanes of at least 4 members (excludes halogenated alkanes) is 1. The van der Waals surface area contributed by atoms with Crippen molar-refractivity contribution in [1.82, 2.24) is 0 Å². The fourth-order valence-corrected chi connectivity index (χ4v) is 1.95. The second kappa shape index (κ2) is 7.63. The molecule has 0 amide bonds. The Labute approximate surface area is 97.2 Å². The summed E-state index contributed by atoms with van der Waals surface area (Å²) in [6.45, 7) is 5.21. The summed E-state index contributed by atoms with van der Waals surface area (Å²) in [5, 5.41) is 0. The van der Waals surface area contributed by atoms with Gasteiger partial charge in [-0.15, -0.1) is 11.8 Å². The lowest BCUT2D eigenvalue weighted by molar-refractivity contribution is 0.309. The third-order valence-electron chi connectivity index (χ3n) is 2.06. The molecule has 0 aliphatic rings. The van der Waals surface area contributed by atoms with Crippen molar-refractivity contribution in [2.45, 2.75) is 38.0 Å². The molecular formula is C13H20OS. The van der Waals surface area contributed by atoms with Crippen molar-refractivity contribution in [2.24, 2.45) is 0 Å². The van der Waals surface area contributed by atoms with Gasteiger partial charge < -0.3 is 4.74 Å². The van der Waals surface area contributed by atoms with E-state index in [4.69, 9.17) is 4.74 Å². The Morgan fingerprint density at radius 2 is 1.80 bits per heavy atom. The zero-order chi connectivity index (χ0) is 10.9. The monoisotopic (exact) mass is 224 g/mol. The summed E-state index contributed by atoms with van der Waals surface area (Å²) >= 11 is 1.90. The fourth-order valence-electron chi connectivity index (χ4n) is 1.19. The molecule has 0 spiro atoms. The van der Waals surface area contributed by atoms with Crippen LogP contribution >= 0.6 is 11.8 Å². The highest BCUT2D eigenvalue weighted by atomic mass is 32.2. The summed E-state index contributed by atoms with van der Waals surface area (Å²) in [4.78, 5) is 1.33. The molecule has 2 heteroatoms. The lowest BCUT2D eigenvalue weighted by atomic mass is 10.3. The molecule has 0 saturated heterocycles. The van der Waals surface area contributed by atoms with E-state index in [0.717, 1.165) is 18.8 Å². The van der Waals surface area contributed by atoms with E-state index in [1.54, 1.807) is 0 Å². The van der Waals surface area contributed by atoms with Crippen LogP contribution < -0.4 is 4.74 Å². The van der Waals surface area contributed by atoms with Crippen molar-refractivity contribution in [2.75, 3.05) is 12.4 Å². The van der Waals surface area contributed by atoms with Gasteiger partial charge in [-0.25, -0.2) is 0 Å². The molecule has 1 aromatic carbocycles. The van der Waals surface area contributed by atoms with Gasteiger partial charge in [0.2, 0.25) is 0 Å². The molecule has 15 heavy (non-hydrogen) atoms. The second-order valence-corrected chi connectivity index (χ2v) is 4.69. The number of rotatable bonds is 7. The van der Waals surface area contributed by atoms with Crippen molar-refractivity contribution >= 4 is 11.8 Å². The predicted octanol–water partition coefficient (Wildman–Crippen LogP) is 4.37. The molecule has 1 nitrogen and oxygen atoms in total. The third-order valence-corrected chi connectivity index (χ3v) is 3.28. The molecule has 0 unspecified atom stereocenters. The van der Waals surface area contributed by atoms with E-state index in [-0.39, 0.29) is 0 Å². The smallest absolute Gasteiger partial charge is 0.119 e. The zero-order valence-corrected chi connectivity index (χ0v) is 10.5. The van der Waals surface area contributed by atoms with Crippen LogP contribution in [0.1, 0.15) is 33.1 Å². The normalized spacial score (nSPS) is 10.3. The summed E-state index contributed by atoms with van der Waals surface area (Å²) in [7, 11) is 0. The van der Waals surface area contributed by atoms with Gasteiger partial charge in [0.25, 0.3) is 0 Å². The number of thioether (sulfide) groups is 1. The molecule has 0 bridgehead atoms. The quantitative estimate of drug-likeness (QED) is 0.502. The molecule has 0 atom stereocenters. The first kappa shape index (κ1) is 12.4. The van der Waals surface area contributed by atoms with Gasteiger partial charge in [0.15, 0.2) is 0 Å². The Balaban J connectivity index is 2.35. The van der Waals surface area contributed by atoms with E-state index >= 15 is 0 Å². The molecule has 1 aromatic rings. The van der Waals surface area contributed by atoms with Crippen molar-refractivity contribution < 1.29 is 4.74 Å². The topological polar surface area (TPSA) is 9.23 Å². The summed E-state index contributed by atoms with van der Waals surface area (Å²) < 4.78 is 5.60. The minimum atomic E-state index is 0.831. The van der Waals surface area contributed by atoms with Crippen molar-refractivity contribution in [3.05, 3.63) is 24.3 Å². The van der Waals surface area contributed by atoms with E-state index in [0.29, 0.717) is 0 Å². The highest BCUT2D eigenvalue weighted by Gasteiger charge is 1.95. The average molecular weight is 224 g/mol. The van der Waals surface area contributed by atoms with E-state index in [1.807, 2.05) is 11.8 Å². The van der Waals surface area contributed by atoms with Gasteiger partial charge in [-0.05, 0) is 42.9 Å². The van der Waals surface area contributed by atoms with Crippen LogP contribution in [0.2, 0.25) is 0 Å². The van der Waals surface area contributed by atoms with Gasteiger partial charge in [-0.1, -0.05) is 20.3 Å². The number of hydrogen-bond acceptors (Lipinski definition) is 2. The predicted molar refractivity (Wildman–Crippen MR) is 67.9 cm³/mol. The van der Waals surface area contributed by atoms with Crippen molar-refractivity contribution in [1.29, 1.82) is 0 Å². The van der Waals surface area contributed by atoms with Crippen LogP contribution in [0.5, 0.6) is 5.75 Å². The number of hydrogen-bond donors (Lipinski definition) is 0. The van der Waals surface area contributed by atoms with Crippen molar-refractivity contribution in [3.8, 4) is 5.75 Å². The standard InChI is InChI=1S/C13H20OS/c1-3-5-10-14-12-6-8-13(9-7-12)15-11-4-2/h6-9H,3-5,10-11H2,1-2H3. The van der Waals surface area contributed by atoms with Crippen molar-refractivity contribution in [3.63, 3.8) is 0 Å². The Morgan fingerprint density at radius 1 is 1.07 bits per heavy atom. The van der Waals surface area contributed by atoms with Crippen LogP contribution in [0, 0.1) is 0 Å². The molecule has 0 fully saturated rings. The molecule has 1 rings (SSSR count). The molecular weight excluding hydrogens is 204 g/mol. The minimum absolute atomic E-state index is 0.831. The van der Waals surface area contributed by atoms with Crippen LogP contribution in [0.25, 0.3) is 0 Å². The number of benzene rings is 1. The number of ether oxygens (including phenoxy) is 1. The Morgan fingerprint density at radius 3 is 2.40 bits per heavy atom. The maximum absolute atomic E-state index is 5.60. The molecule has 0 heterocycles. The van der Waals surface area contributed by atoms with E-state index < -0.39 is 0 Å². The van der Waals surface area contributed by atoms with Crippen LogP contribution in [0.15, 0.2) is 29.2 Å². The first-order valence-corrected chi connectivity index (χ1v) is 6.71. The SMILES string of the molecule is CCCCOc1ccc(SCCC)cc1.